The highest BCUT2D eigenvalue weighted by Gasteiger charge is 2.30. The average molecular weight is 256 g/mol. The Morgan fingerprint density at radius 3 is 2.61 bits per heavy atom. The highest BCUT2D eigenvalue weighted by molar-refractivity contribution is 7.91. The van der Waals surface area contributed by atoms with E-state index < -0.39 is 11.2 Å². The van der Waals surface area contributed by atoms with Gasteiger partial charge in [-0.05, 0) is 19.1 Å². The number of rotatable bonds is 1. The van der Waals surface area contributed by atoms with E-state index in [0.29, 0.717) is 12.0 Å². The predicted octanol–water partition coefficient (Wildman–Crippen LogP) is 2.96. The number of fused-ring (bicyclic) bond motifs is 2. The van der Waals surface area contributed by atoms with Crippen molar-refractivity contribution in [3.8, 4) is 0 Å². The minimum absolute atomic E-state index is 0.0308. The first-order chi connectivity index (χ1) is 8.68. The topological polar surface area (TPSA) is 40.1 Å². The Kier molecular flexibility index (Phi) is 2.73. The molecule has 0 N–H and O–H groups in total. The van der Waals surface area contributed by atoms with Crippen LogP contribution in [0.25, 0.3) is 0 Å². The van der Waals surface area contributed by atoms with E-state index in [-0.39, 0.29) is 5.78 Å². The van der Waals surface area contributed by atoms with Crippen LogP contribution in [0.4, 0.5) is 0 Å². The molecule has 0 spiro atoms. The summed E-state index contributed by atoms with van der Waals surface area (Å²) >= 11 is -1.17. The van der Waals surface area contributed by atoms with Gasteiger partial charge in [-0.15, -0.1) is 0 Å². The maximum atomic E-state index is 12.5. The summed E-state index contributed by atoms with van der Waals surface area (Å²) in [7, 11) is 0. The molecule has 2 nitrogen and oxygen atoms in total. The van der Waals surface area contributed by atoms with Gasteiger partial charge in [-0.2, -0.15) is 0 Å². The smallest absolute Gasteiger partial charge is 0.162 e. The molecule has 3 heteroatoms. The van der Waals surface area contributed by atoms with E-state index in [2.05, 4.69) is 0 Å². The minimum Gasteiger partial charge on any atom is -0.606 e. The fourth-order valence-corrected chi connectivity index (χ4v) is 3.82. The Morgan fingerprint density at radius 1 is 1.11 bits per heavy atom. The number of Topliss-reactive ketones (excluding diaryl/α,β-unsaturated/α-hetero) is 1. The van der Waals surface area contributed by atoms with Crippen LogP contribution in [-0.4, -0.2) is 10.3 Å². The van der Waals surface area contributed by atoms with E-state index in [9.17, 15) is 9.35 Å². The average Bonchev–Trinajstić information content (AvgIpc) is 2.38. The third-order valence-corrected chi connectivity index (χ3v) is 4.83. The summed E-state index contributed by atoms with van der Waals surface area (Å²) in [4.78, 5) is 13.3. The van der Waals surface area contributed by atoms with Crippen molar-refractivity contribution in [1.29, 1.82) is 0 Å². The molecule has 18 heavy (non-hydrogen) atoms. The van der Waals surface area contributed by atoms with E-state index in [4.69, 9.17) is 0 Å². The largest absolute Gasteiger partial charge is 0.606 e. The molecule has 90 valence electrons. The first kappa shape index (κ1) is 11.5. The fourth-order valence-electron chi connectivity index (χ4n) is 2.39. The maximum absolute atomic E-state index is 12.5. The first-order valence-corrected chi connectivity index (χ1v) is 6.96. The van der Waals surface area contributed by atoms with Gasteiger partial charge >= 0.3 is 0 Å². The molecule has 0 saturated carbocycles. The molecule has 2 aromatic carbocycles. The fraction of sp³-hybridized carbons (Fsp3) is 0.133. The molecule has 0 fully saturated rings. The summed E-state index contributed by atoms with van der Waals surface area (Å²) in [5, 5.41) is 0. The number of hydrogen-bond acceptors (Lipinski definition) is 2. The lowest BCUT2D eigenvalue weighted by Crippen LogP contribution is -2.17. The van der Waals surface area contributed by atoms with E-state index in [1.165, 1.54) is 0 Å². The Bertz CT molecular complexity index is 634. The van der Waals surface area contributed by atoms with Crippen LogP contribution in [-0.2, 0) is 17.6 Å². The number of hydrogen-bond donors (Lipinski definition) is 0. The lowest BCUT2D eigenvalue weighted by molar-refractivity contribution is 0.101. The molecule has 0 aliphatic carbocycles. The first-order valence-electron chi connectivity index (χ1n) is 5.81. The Hall–Kier alpha value is -1.58. The monoisotopic (exact) mass is 256 g/mol. The molecule has 1 atom stereocenters. The summed E-state index contributed by atoms with van der Waals surface area (Å²) in [5.74, 6) is 0.0308. The van der Waals surface area contributed by atoms with Crippen molar-refractivity contribution in [3.05, 3.63) is 59.2 Å². The van der Waals surface area contributed by atoms with Gasteiger partial charge in [0.25, 0.3) is 0 Å². The van der Waals surface area contributed by atoms with E-state index in [0.717, 1.165) is 20.9 Å². The van der Waals surface area contributed by atoms with Gasteiger partial charge in [0.15, 0.2) is 15.6 Å². The number of carbonyl (C=O) groups is 1. The Balaban J connectivity index is 2.22. The molecular weight excluding hydrogens is 244 g/mol. The molecule has 2 aromatic rings. The van der Waals surface area contributed by atoms with Crippen LogP contribution >= 0.6 is 0 Å². The van der Waals surface area contributed by atoms with Crippen molar-refractivity contribution in [2.45, 2.75) is 23.1 Å². The van der Waals surface area contributed by atoms with E-state index >= 15 is 0 Å². The lowest BCUT2D eigenvalue weighted by Gasteiger charge is -2.22. The zero-order chi connectivity index (χ0) is 12.7. The van der Waals surface area contributed by atoms with Gasteiger partial charge in [0.2, 0.25) is 0 Å². The van der Waals surface area contributed by atoms with Gasteiger partial charge in [-0.3, -0.25) is 4.79 Å². The van der Waals surface area contributed by atoms with Crippen molar-refractivity contribution in [2.24, 2.45) is 0 Å². The molecular formula is C15H12O2S. The molecule has 1 unspecified atom stereocenters. The minimum atomic E-state index is -1.17. The SMILES string of the molecule is CC(=O)c1cccc2c1Cc1ccccc1[S+]2[O-]. The van der Waals surface area contributed by atoms with Crippen LogP contribution in [0.2, 0.25) is 0 Å². The Morgan fingerprint density at radius 2 is 1.83 bits per heavy atom. The summed E-state index contributed by atoms with van der Waals surface area (Å²) in [6.45, 7) is 1.55. The molecule has 0 saturated heterocycles. The van der Waals surface area contributed by atoms with Crippen molar-refractivity contribution in [1.82, 2.24) is 0 Å². The quantitative estimate of drug-likeness (QED) is 0.581. The molecule has 0 bridgehead atoms. The second-order valence-corrected chi connectivity index (χ2v) is 5.81. The van der Waals surface area contributed by atoms with Crippen LogP contribution in [0.15, 0.2) is 52.3 Å². The van der Waals surface area contributed by atoms with Crippen LogP contribution in [0.1, 0.15) is 28.4 Å². The number of ketones is 1. The van der Waals surface area contributed by atoms with Gasteiger partial charge in [0.05, 0.1) is 0 Å². The molecule has 1 heterocycles. The molecule has 1 aliphatic heterocycles. The lowest BCUT2D eigenvalue weighted by atomic mass is 9.97. The van der Waals surface area contributed by atoms with Gasteiger partial charge < -0.3 is 4.55 Å². The molecule has 0 amide bonds. The van der Waals surface area contributed by atoms with Crippen molar-refractivity contribution >= 4 is 17.0 Å². The zero-order valence-corrected chi connectivity index (χ0v) is 10.8. The summed E-state index contributed by atoms with van der Waals surface area (Å²) < 4.78 is 12.5. The van der Waals surface area contributed by atoms with E-state index in [1.807, 2.05) is 36.4 Å². The molecule has 1 aliphatic rings. The van der Waals surface area contributed by atoms with Crippen molar-refractivity contribution < 1.29 is 9.35 Å². The van der Waals surface area contributed by atoms with Gasteiger partial charge in [0.1, 0.15) is 0 Å². The third-order valence-electron chi connectivity index (χ3n) is 3.25. The van der Waals surface area contributed by atoms with Gasteiger partial charge in [0, 0.05) is 34.3 Å². The predicted molar refractivity (Wildman–Crippen MR) is 70.4 cm³/mol. The van der Waals surface area contributed by atoms with Gasteiger partial charge in [-0.1, -0.05) is 30.3 Å². The van der Waals surface area contributed by atoms with Crippen LogP contribution in [0, 0.1) is 0 Å². The zero-order valence-electron chi connectivity index (χ0n) is 9.97. The van der Waals surface area contributed by atoms with Crippen LogP contribution in [0.3, 0.4) is 0 Å². The molecule has 0 aromatic heterocycles. The van der Waals surface area contributed by atoms with Crippen LogP contribution < -0.4 is 0 Å². The van der Waals surface area contributed by atoms with Crippen LogP contribution in [0.5, 0.6) is 0 Å². The highest BCUT2D eigenvalue weighted by Crippen LogP contribution is 2.35. The molecule has 3 rings (SSSR count). The normalized spacial score (nSPS) is 16.9. The standard InChI is InChI=1S/C15H12O2S/c1-10(16)12-6-4-8-15-13(12)9-11-5-2-3-7-14(11)18(15)17/h2-8H,9H2,1H3. The van der Waals surface area contributed by atoms with E-state index in [1.54, 1.807) is 13.0 Å². The second-order valence-electron chi connectivity index (χ2n) is 4.39. The Labute approximate surface area is 109 Å². The second kappa shape index (κ2) is 4.26. The number of benzene rings is 2. The highest BCUT2D eigenvalue weighted by atomic mass is 32.2. The van der Waals surface area contributed by atoms with Crippen molar-refractivity contribution in [3.63, 3.8) is 0 Å². The maximum Gasteiger partial charge on any atom is 0.162 e. The summed E-state index contributed by atoms with van der Waals surface area (Å²) in [5.41, 5.74) is 2.66. The third kappa shape index (κ3) is 1.67. The summed E-state index contributed by atoms with van der Waals surface area (Å²) in [6.07, 6.45) is 0.688. The summed E-state index contributed by atoms with van der Waals surface area (Å²) in [6, 6.07) is 13.2. The van der Waals surface area contributed by atoms with Crippen molar-refractivity contribution in [2.75, 3.05) is 0 Å². The van der Waals surface area contributed by atoms with Gasteiger partial charge in [-0.25, -0.2) is 0 Å². The number of carbonyl (C=O) groups excluding carboxylic acids is 1. The molecule has 0 radical (unpaired) electrons.